The van der Waals surface area contributed by atoms with Crippen LogP contribution in [0.5, 0.6) is 11.5 Å². The molecule has 7 nitrogen and oxygen atoms in total. The molecule has 27 heavy (non-hydrogen) atoms. The average Bonchev–Trinajstić information content (AvgIpc) is 3.02. The Balaban J connectivity index is 1.43. The molecule has 0 unspecified atom stereocenters. The van der Waals surface area contributed by atoms with Gasteiger partial charge in [0.1, 0.15) is 29.3 Å². The van der Waals surface area contributed by atoms with E-state index in [-0.39, 0.29) is 41.4 Å². The predicted octanol–water partition coefficient (Wildman–Crippen LogP) is 1.53. The first-order valence-corrected chi connectivity index (χ1v) is 9.25. The quantitative estimate of drug-likeness (QED) is 0.773. The van der Waals surface area contributed by atoms with Crippen molar-refractivity contribution in [1.82, 2.24) is 4.90 Å². The largest absolute Gasteiger partial charge is 0.535 e. The number of aromatic carboxylic acids is 1. The highest BCUT2D eigenvalue weighted by Gasteiger charge is 2.40. The molecule has 0 aromatic heterocycles. The standard InChI is InChI=1S/C18H21BFNO6/c20-12-3-1-11(7-12)17(22)21-8-13(9-21)26-14-4-2-10-5-6-19(25)27-16(10)15(14)18(23)24/h2,4,11-13,25H,1,3,5-9H2,(H,23,24)/t11-,12+/m0/s1. The van der Waals surface area contributed by atoms with Gasteiger partial charge in [0.05, 0.1) is 13.1 Å². The number of fused-ring (bicyclic) bond motifs is 1. The van der Waals surface area contributed by atoms with Crippen LogP contribution in [0.2, 0.25) is 6.32 Å². The number of carbonyl (C=O) groups excluding carboxylic acids is 1. The average molecular weight is 377 g/mol. The lowest BCUT2D eigenvalue weighted by Crippen LogP contribution is -2.57. The van der Waals surface area contributed by atoms with Crippen molar-refractivity contribution in [1.29, 1.82) is 0 Å². The number of likely N-dealkylation sites (tertiary alicyclic amines) is 1. The number of carbonyl (C=O) groups is 2. The Hall–Kier alpha value is -2.29. The Morgan fingerprint density at radius 2 is 2.07 bits per heavy atom. The molecule has 4 rings (SSSR count). The summed E-state index contributed by atoms with van der Waals surface area (Å²) < 4.78 is 24.4. The number of aryl methyl sites for hydroxylation is 1. The zero-order valence-corrected chi connectivity index (χ0v) is 14.8. The Morgan fingerprint density at radius 1 is 1.30 bits per heavy atom. The van der Waals surface area contributed by atoms with E-state index < -0.39 is 19.3 Å². The molecule has 1 aromatic carbocycles. The van der Waals surface area contributed by atoms with E-state index in [1.807, 2.05) is 0 Å². The van der Waals surface area contributed by atoms with Crippen molar-refractivity contribution in [2.75, 3.05) is 13.1 Å². The molecule has 1 saturated carbocycles. The van der Waals surface area contributed by atoms with E-state index in [1.54, 1.807) is 17.0 Å². The molecule has 2 aliphatic heterocycles. The Morgan fingerprint density at radius 3 is 2.74 bits per heavy atom. The van der Waals surface area contributed by atoms with Gasteiger partial charge in [-0.2, -0.15) is 0 Å². The first-order valence-electron chi connectivity index (χ1n) is 9.25. The van der Waals surface area contributed by atoms with Crippen LogP contribution in [0.25, 0.3) is 0 Å². The van der Waals surface area contributed by atoms with Crippen LogP contribution in [0, 0.1) is 5.92 Å². The van der Waals surface area contributed by atoms with Gasteiger partial charge in [-0.05, 0) is 43.6 Å². The van der Waals surface area contributed by atoms with Crippen LogP contribution in [0.4, 0.5) is 4.39 Å². The SMILES string of the molecule is O=C(O)c1c(OC2CN(C(=O)[C@H]3CC[C@@H](F)C3)C2)ccc2c1OB(O)CC2. The number of halogens is 1. The van der Waals surface area contributed by atoms with Crippen molar-refractivity contribution in [2.24, 2.45) is 5.92 Å². The van der Waals surface area contributed by atoms with Crippen LogP contribution in [0.3, 0.4) is 0 Å². The lowest BCUT2D eigenvalue weighted by molar-refractivity contribution is -0.144. The van der Waals surface area contributed by atoms with Gasteiger partial charge >= 0.3 is 13.1 Å². The summed E-state index contributed by atoms with van der Waals surface area (Å²) in [6, 6.07) is 3.34. The second kappa shape index (κ2) is 7.03. The van der Waals surface area contributed by atoms with Gasteiger partial charge in [0.15, 0.2) is 0 Å². The van der Waals surface area contributed by atoms with Gasteiger partial charge in [0.2, 0.25) is 5.91 Å². The monoisotopic (exact) mass is 377 g/mol. The van der Waals surface area contributed by atoms with E-state index in [9.17, 15) is 24.1 Å². The summed E-state index contributed by atoms with van der Waals surface area (Å²) in [5.41, 5.74) is 0.615. The second-order valence-electron chi connectivity index (χ2n) is 7.43. The van der Waals surface area contributed by atoms with Crippen LogP contribution in [-0.4, -0.2) is 59.4 Å². The maximum absolute atomic E-state index is 13.3. The van der Waals surface area contributed by atoms with Gasteiger partial charge in [-0.15, -0.1) is 0 Å². The lowest BCUT2D eigenvalue weighted by atomic mass is 9.78. The Bertz CT molecular complexity index is 768. The van der Waals surface area contributed by atoms with Crippen molar-refractivity contribution in [2.45, 2.75) is 44.3 Å². The molecule has 3 aliphatic rings. The van der Waals surface area contributed by atoms with Crippen molar-refractivity contribution in [3.63, 3.8) is 0 Å². The van der Waals surface area contributed by atoms with Gasteiger partial charge in [0, 0.05) is 5.92 Å². The summed E-state index contributed by atoms with van der Waals surface area (Å²) in [6.07, 6.45) is 1.03. The van der Waals surface area contributed by atoms with Crippen molar-refractivity contribution in [3.8, 4) is 11.5 Å². The normalized spacial score (nSPS) is 24.8. The maximum Gasteiger partial charge on any atom is 0.522 e. The molecule has 1 saturated heterocycles. The van der Waals surface area contributed by atoms with E-state index in [4.69, 9.17) is 9.39 Å². The fourth-order valence-electron chi connectivity index (χ4n) is 4.00. The smallest absolute Gasteiger partial charge is 0.522 e. The molecule has 1 amide bonds. The van der Waals surface area contributed by atoms with Gasteiger partial charge in [0.25, 0.3) is 0 Å². The number of benzene rings is 1. The molecule has 2 N–H and O–H groups in total. The predicted molar refractivity (Wildman–Crippen MR) is 93.7 cm³/mol. The maximum atomic E-state index is 13.3. The first kappa shape index (κ1) is 18.1. The van der Waals surface area contributed by atoms with E-state index >= 15 is 0 Å². The fraction of sp³-hybridized carbons (Fsp3) is 0.556. The third-order valence-corrected chi connectivity index (χ3v) is 5.50. The zero-order valence-electron chi connectivity index (χ0n) is 14.8. The highest BCUT2D eigenvalue weighted by molar-refractivity contribution is 6.44. The van der Waals surface area contributed by atoms with E-state index in [0.717, 1.165) is 5.56 Å². The summed E-state index contributed by atoms with van der Waals surface area (Å²) in [6.45, 7) is 0.706. The number of nitrogens with zero attached hydrogens (tertiary/aromatic N) is 1. The number of carboxylic acid groups (broad SMARTS) is 1. The molecule has 1 aliphatic carbocycles. The van der Waals surface area contributed by atoms with E-state index in [1.165, 1.54) is 0 Å². The Labute approximate surface area is 156 Å². The summed E-state index contributed by atoms with van der Waals surface area (Å²) >= 11 is 0. The summed E-state index contributed by atoms with van der Waals surface area (Å²) in [5, 5.41) is 19.3. The number of hydrogen-bond acceptors (Lipinski definition) is 5. The fourth-order valence-corrected chi connectivity index (χ4v) is 4.00. The first-order chi connectivity index (χ1) is 12.9. The highest BCUT2D eigenvalue weighted by atomic mass is 19.1. The minimum absolute atomic E-state index is 0.0506. The minimum atomic E-state index is -1.19. The lowest BCUT2D eigenvalue weighted by Gasteiger charge is -2.40. The van der Waals surface area contributed by atoms with Gasteiger partial charge in [-0.25, -0.2) is 9.18 Å². The summed E-state index contributed by atoms with van der Waals surface area (Å²) in [4.78, 5) is 25.7. The number of alkyl halides is 1. The third kappa shape index (κ3) is 3.48. The molecule has 2 atom stereocenters. The van der Waals surface area contributed by atoms with Crippen LogP contribution in [0.1, 0.15) is 35.2 Å². The molecule has 0 bridgehead atoms. The van der Waals surface area contributed by atoms with E-state index in [2.05, 4.69) is 0 Å². The number of ether oxygens (including phenoxy) is 1. The number of amides is 1. The molecule has 1 aromatic rings. The topological polar surface area (TPSA) is 96.3 Å². The second-order valence-corrected chi connectivity index (χ2v) is 7.43. The number of hydrogen-bond donors (Lipinski definition) is 2. The third-order valence-electron chi connectivity index (χ3n) is 5.50. The van der Waals surface area contributed by atoms with E-state index in [0.29, 0.717) is 38.7 Å². The zero-order chi connectivity index (χ0) is 19.1. The molecule has 2 heterocycles. The highest BCUT2D eigenvalue weighted by Crippen LogP contribution is 2.38. The van der Waals surface area contributed by atoms with Crippen molar-refractivity contribution in [3.05, 3.63) is 23.3 Å². The van der Waals surface area contributed by atoms with Crippen LogP contribution < -0.4 is 9.39 Å². The molecular weight excluding hydrogens is 356 g/mol. The summed E-state index contributed by atoms with van der Waals surface area (Å²) in [5.74, 6) is -1.19. The molecule has 0 spiro atoms. The van der Waals surface area contributed by atoms with Crippen LogP contribution in [0.15, 0.2) is 12.1 Å². The summed E-state index contributed by atoms with van der Waals surface area (Å²) in [7, 11) is -1.03. The van der Waals surface area contributed by atoms with Gasteiger partial charge in [-0.3, -0.25) is 4.79 Å². The number of carboxylic acids is 1. The Kier molecular flexibility index (Phi) is 4.71. The van der Waals surface area contributed by atoms with Crippen LogP contribution >= 0.6 is 0 Å². The molecule has 144 valence electrons. The molecule has 0 radical (unpaired) electrons. The minimum Gasteiger partial charge on any atom is -0.535 e. The van der Waals surface area contributed by atoms with Gasteiger partial charge < -0.3 is 24.4 Å². The van der Waals surface area contributed by atoms with Crippen molar-refractivity contribution >= 4 is 19.0 Å². The van der Waals surface area contributed by atoms with Crippen LogP contribution in [-0.2, 0) is 11.2 Å². The molecule has 2 fully saturated rings. The number of rotatable bonds is 4. The molecule has 9 heteroatoms. The molecular formula is C18H21BFNO6. The van der Waals surface area contributed by atoms with Crippen molar-refractivity contribution < 1.29 is 33.5 Å². The van der Waals surface area contributed by atoms with Gasteiger partial charge in [-0.1, -0.05) is 6.07 Å².